The molecule has 0 spiro atoms. The molecule has 1 aliphatic rings. The molecule has 0 atom stereocenters. The lowest BCUT2D eigenvalue weighted by Gasteiger charge is -2.25. The predicted molar refractivity (Wildman–Crippen MR) is 96.3 cm³/mol. The molecule has 0 radical (unpaired) electrons. The summed E-state index contributed by atoms with van der Waals surface area (Å²) in [6.45, 7) is 9.06. The van der Waals surface area contributed by atoms with E-state index in [4.69, 9.17) is 11.6 Å². The molecule has 0 unspecified atom stereocenters. The number of amides is 2. The summed E-state index contributed by atoms with van der Waals surface area (Å²) < 4.78 is 0. The van der Waals surface area contributed by atoms with E-state index in [-0.39, 0.29) is 17.4 Å². The average Bonchev–Trinajstić information content (AvgIpc) is 2.70. The van der Waals surface area contributed by atoms with Crippen LogP contribution < -0.4 is 5.32 Å². The smallest absolute Gasteiger partial charge is 0.255 e. The lowest BCUT2D eigenvalue weighted by atomic mass is 10.1. The first kappa shape index (κ1) is 18.7. The number of carbonyl (C=O) groups is 2. The molecule has 1 aromatic rings. The first-order valence-electron chi connectivity index (χ1n) is 8.33. The molecule has 5 nitrogen and oxygen atoms in total. The third kappa shape index (κ3) is 5.49. The topological polar surface area (TPSA) is 52.7 Å². The minimum absolute atomic E-state index is 0.0216. The summed E-state index contributed by atoms with van der Waals surface area (Å²) in [7, 11) is 0. The van der Waals surface area contributed by atoms with Crippen LogP contribution >= 0.6 is 11.6 Å². The van der Waals surface area contributed by atoms with E-state index in [9.17, 15) is 9.59 Å². The number of halogens is 1. The van der Waals surface area contributed by atoms with Crippen molar-refractivity contribution < 1.29 is 9.59 Å². The quantitative estimate of drug-likeness (QED) is 0.909. The van der Waals surface area contributed by atoms with Crippen LogP contribution in [0, 0.1) is 0 Å². The van der Waals surface area contributed by atoms with E-state index in [0.717, 1.165) is 13.0 Å². The Morgan fingerprint density at radius 2 is 1.83 bits per heavy atom. The van der Waals surface area contributed by atoms with E-state index in [1.807, 2.05) is 37.8 Å². The van der Waals surface area contributed by atoms with Crippen molar-refractivity contribution in [1.82, 2.24) is 15.1 Å². The molecule has 24 heavy (non-hydrogen) atoms. The predicted octanol–water partition coefficient (Wildman–Crippen LogP) is 2.40. The van der Waals surface area contributed by atoms with Crippen LogP contribution in [0.3, 0.4) is 0 Å². The number of hydrogen-bond donors (Lipinski definition) is 1. The summed E-state index contributed by atoms with van der Waals surface area (Å²) in [6.07, 6.45) is 0.846. The summed E-state index contributed by atoms with van der Waals surface area (Å²) in [4.78, 5) is 28.6. The number of carbonyl (C=O) groups excluding carboxylic acids is 2. The fraction of sp³-hybridized carbons (Fsp3) is 0.556. The van der Waals surface area contributed by atoms with Crippen molar-refractivity contribution in [2.24, 2.45) is 0 Å². The number of nitrogens with one attached hydrogen (secondary N) is 1. The maximum absolute atomic E-state index is 12.6. The third-order valence-corrected chi connectivity index (χ3v) is 4.19. The van der Waals surface area contributed by atoms with Gasteiger partial charge in [-0.3, -0.25) is 14.5 Å². The number of hydrogen-bond acceptors (Lipinski definition) is 3. The van der Waals surface area contributed by atoms with Crippen LogP contribution in [0.5, 0.6) is 0 Å². The second-order valence-corrected chi connectivity index (χ2v) is 7.61. The minimum atomic E-state index is -0.227. The van der Waals surface area contributed by atoms with E-state index < -0.39 is 0 Å². The molecule has 6 heteroatoms. The molecule has 1 saturated heterocycles. The highest BCUT2D eigenvalue weighted by molar-refractivity contribution is 6.33. The van der Waals surface area contributed by atoms with Gasteiger partial charge in [0, 0.05) is 31.7 Å². The van der Waals surface area contributed by atoms with Crippen LogP contribution in [-0.2, 0) is 4.79 Å². The van der Waals surface area contributed by atoms with Crippen molar-refractivity contribution in [3.8, 4) is 0 Å². The zero-order chi connectivity index (χ0) is 17.7. The standard InChI is InChI=1S/C18H26ClN3O2/c1-18(2,3)20-16(23)13-21-9-6-10-22(12-11-21)17(24)14-7-4-5-8-15(14)19/h4-5,7-8H,6,9-13H2,1-3H3,(H,20,23). The first-order chi connectivity index (χ1) is 11.3. The molecular weight excluding hydrogens is 326 g/mol. The van der Waals surface area contributed by atoms with E-state index in [0.29, 0.717) is 36.8 Å². The molecule has 1 heterocycles. The molecule has 2 rings (SSSR count). The molecule has 0 bridgehead atoms. The Hall–Kier alpha value is -1.59. The minimum Gasteiger partial charge on any atom is -0.350 e. The van der Waals surface area contributed by atoms with Crippen LogP contribution in [0.2, 0.25) is 5.02 Å². The zero-order valence-electron chi connectivity index (χ0n) is 14.6. The second kappa shape index (κ2) is 7.99. The Morgan fingerprint density at radius 3 is 2.50 bits per heavy atom. The van der Waals surface area contributed by atoms with Gasteiger partial charge in [0.25, 0.3) is 5.91 Å². The molecule has 1 N–H and O–H groups in total. The fourth-order valence-electron chi connectivity index (χ4n) is 2.80. The molecule has 0 aromatic heterocycles. The van der Waals surface area contributed by atoms with Crippen LogP contribution in [-0.4, -0.2) is 59.9 Å². The van der Waals surface area contributed by atoms with Gasteiger partial charge in [-0.25, -0.2) is 0 Å². The monoisotopic (exact) mass is 351 g/mol. The van der Waals surface area contributed by atoms with Gasteiger partial charge in [0.1, 0.15) is 0 Å². The van der Waals surface area contributed by atoms with Gasteiger partial charge in [-0.15, -0.1) is 0 Å². The normalized spacial score (nSPS) is 16.6. The second-order valence-electron chi connectivity index (χ2n) is 7.20. The summed E-state index contributed by atoms with van der Waals surface area (Å²) >= 11 is 6.13. The van der Waals surface area contributed by atoms with Crippen LogP contribution in [0.1, 0.15) is 37.6 Å². The molecule has 0 saturated carbocycles. The average molecular weight is 352 g/mol. The first-order valence-corrected chi connectivity index (χ1v) is 8.71. The lowest BCUT2D eigenvalue weighted by molar-refractivity contribution is -0.123. The van der Waals surface area contributed by atoms with Gasteiger partial charge in [-0.1, -0.05) is 23.7 Å². The van der Waals surface area contributed by atoms with Gasteiger partial charge >= 0.3 is 0 Å². The third-order valence-electron chi connectivity index (χ3n) is 3.86. The SMILES string of the molecule is CC(C)(C)NC(=O)CN1CCCN(C(=O)c2ccccc2Cl)CC1. The highest BCUT2D eigenvalue weighted by Gasteiger charge is 2.23. The molecule has 132 valence electrons. The van der Waals surface area contributed by atoms with E-state index in [1.54, 1.807) is 12.1 Å². The summed E-state index contributed by atoms with van der Waals surface area (Å²) in [6, 6.07) is 7.12. The van der Waals surface area contributed by atoms with E-state index in [1.165, 1.54) is 0 Å². The Bertz CT molecular complexity index is 598. The molecular formula is C18H26ClN3O2. The van der Waals surface area contributed by atoms with Crippen molar-refractivity contribution in [2.75, 3.05) is 32.7 Å². The van der Waals surface area contributed by atoms with E-state index >= 15 is 0 Å². The fourth-order valence-corrected chi connectivity index (χ4v) is 3.01. The van der Waals surface area contributed by atoms with Crippen molar-refractivity contribution in [2.45, 2.75) is 32.7 Å². The number of benzene rings is 1. The van der Waals surface area contributed by atoms with Crippen molar-refractivity contribution in [1.29, 1.82) is 0 Å². The molecule has 1 aliphatic heterocycles. The van der Waals surface area contributed by atoms with Crippen molar-refractivity contribution in [3.05, 3.63) is 34.9 Å². The Labute approximate surface area is 149 Å². The zero-order valence-corrected chi connectivity index (χ0v) is 15.4. The Balaban J connectivity index is 1.92. The highest BCUT2D eigenvalue weighted by atomic mass is 35.5. The summed E-state index contributed by atoms with van der Waals surface area (Å²) in [5.41, 5.74) is 0.313. The highest BCUT2D eigenvalue weighted by Crippen LogP contribution is 2.18. The van der Waals surface area contributed by atoms with Gasteiger partial charge in [-0.2, -0.15) is 0 Å². The lowest BCUT2D eigenvalue weighted by Crippen LogP contribution is -2.46. The molecule has 1 aromatic carbocycles. The van der Waals surface area contributed by atoms with Gasteiger partial charge in [0.2, 0.25) is 5.91 Å². The van der Waals surface area contributed by atoms with Crippen molar-refractivity contribution in [3.63, 3.8) is 0 Å². The molecule has 0 aliphatic carbocycles. The van der Waals surface area contributed by atoms with Crippen LogP contribution in [0.4, 0.5) is 0 Å². The maximum Gasteiger partial charge on any atom is 0.255 e. The molecule has 2 amide bonds. The molecule has 1 fully saturated rings. The number of rotatable bonds is 3. The Morgan fingerprint density at radius 1 is 1.12 bits per heavy atom. The summed E-state index contributed by atoms with van der Waals surface area (Å²) in [5, 5.41) is 3.46. The summed E-state index contributed by atoms with van der Waals surface area (Å²) in [5.74, 6) is -0.0185. The Kier molecular flexibility index (Phi) is 6.24. The van der Waals surface area contributed by atoms with E-state index in [2.05, 4.69) is 10.2 Å². The van der Waals surface area contributed by atoms with Gasteiger partial charge in [-0.05, 0) is 39.3 Å². The van der Waals surface area contributed by atoms with Crippen LogP contribution in [0.25, 0.3) is 0 Å². The van der Waals surface area contributed by atoms with Crippen molar-refractivity contribution >= 4 is 23.4 Å². The van der Waals surface area contributed by atoms with Crippen LogP contribution in [0.15, 0.2) is 24.3 Å². The van der Waals surface area contributed by atoms with Gasteiger partial charge in [0.15, 0.2) is 0 Å². The largest absolute Gasteiger partial charge is 0.350 e. The number of nitrogens with zero attached hydrogens (tertiary/aromatic N) is 2. The maximum atomic E-state index is 12.6. The van der Waals surface area contributed by atoms with Gasteiger partial charge in [0.05, 0.1) is 17.1 Å². The van der Waals surface area contributed by atoms with Gasteiger partial charge < -0.3 is 10.2 Å².